The van der Waals surface area contributed by atoms with Gasteiger partial charge < -0.3 is 19.5 Å². The third-order valence-electron chi connectivity index (χ3n) is 7.15. The molecule has 2 aromatic heterocycles. The summed E-state index contributed by atoms with van der Waals surface area (Å²) in [5.74, 6) is -1.15. The lowest BCUT2D eigenvalue weighted by Gasteiger charge is -2.34. The van der Waals surface area contributed by atoms with Gasteiger partial charge in [-0.15, -0.1) is 0 Å². The van der Waals surface area contributed by atoms with E-state index in [4.69, 9.17) is 9.72 Å². The predicted octanol–water partition coefficient (Wildman–Crippen LogP) is 6.94. The third kappa shape index (κ3) is 6.08. The van der Waals surface area contributed by atoms with Gasteiger partial charge in [0.15, 0.2) is 11.6 Å². The first-order chi connectivity index (χ1) is 19.1. The van der Waals surface area contributed by atoms with Gasteiger partial charge in [0, 0.05) is 37.8 Å². The SMILES string of the molecule is Cc1c(-c2ccccc2)n(CC2CCCN(C(=O)OC(C)(C)C)C2)c2nc(NCc3ccc(F)c(F)c3)ncc12. The molecular weight excluding hydrogens is 512 g/mol. The van der Waals surface area contributed by atoms with E-state index in [0.717, 1.165) is 46.8 Å². The molecule has 3 heterocycles. The number of amides is 1. The number of likely N-dealkylation sites (tertiary alicyclic amines) is 1. The fraction of sp³-hybridized carbons (Fsp3) is 0.387. The molecule has 0 aliphatic carbocycles. The van der Waals surface area contributed by atoms with Crippen LogP contribution in [0.15, 0.2) is 54.7 Å². The number of carbonyl (C=O) groups is 1. The van der Waals surface area contributed by atoms with Crippen LogP contribution < -0.4 is 5.32 Å². The van der Waals surface area contributed by atoms with Crippen LogP contribution in [0, 0.1) is 24.5 Å². The van der Waals surface area contributed by atoms with Crippen molar-refractivity contribution < 1.29 is 18.3 Å². The lowest BCUT2D eigenvalue weighted by molar-refractivity contribution is 0.0158. The van der Waals surface area contributed by atoms with Crippen LogP contribution in [-0.4, -0.2) is 44.2 Å². The predicted molar refractivity (Wildman–Crippen MR) is 152 cm³/mol. The Kier molecular flexibility index (Phi) is 7.74. The van der Waals surface area contributed by atoms with E-state index in [1.54, 1.807) is 0 Å². The molecule has 7 nitrogen and oxygen atoms in total. The van der Waals surface area contributed by atoms with Gasteiger partial charge in [0.25, 0.3) is 0 Å². The number of hydrogen-bond donors (Lipinski definition) is 1. The summed E-state index contributed by atoms with van der Waals surface area (Å²) in [6.07, 6.45) is 3.42. The Morgan fingerprint density at radius 2 is 1.90 bits per heavy atom. The number of benzene rings is 2. The smallest absolute Gasteiger partial charge is 0.410 e. The van der Waals surface area contributed by atoms with Crippen molar-refractivity contribution in [2.75, 3.05) is 18.4 Å². The van der Waals surface area contributed by atoms with E-state index in [1.807, 2.05) is 50.1 Å². The summed E-state index contributed by atoms with van der Waals surface area (Å²) >= 11 is 0. The van der Waals surface area contributed by atoms with Crippen LogP contribution in [0.5, 0.6) is 0 Å². The molecule has 4 aromatic rings. The molecule has 0 saturated carbocycles. The first-order valence-corrected chi connectivity index (χ1v) is 13.7. The summed E-state index contributed by atoms with van der Waals surface area (Å²) in [6.45, 7) is 9.93. The number of piperidine rings is 1. The highest BCUT2D eigenvalue weighted by atomic mass is 19.2. The monoisotopic (exact) mass is 547 g/mol. The molecule has 40 heavy (non-hydrogen) atoms. The summed E-state index contributed by atoms with van der Waals surface area (Å²) in [7, 11) is 0. The van der Waals surface area contributed by atoms with Gasteiger partial charge in [-0.2, -0.15) is 4.98 Å². The molecular formula is C31H35F2N5O2. The van der Waals surface area contributed by atoms with Crippen LogP contribution in [0.3, 0.4) is 0 Å². The second kappa shape index (κ2) is 11.2. The van der Waals surface area contributed by atoms with Crippen molar-refractivity contribution in [2.45, 2.75) is 59.2 Å². The molecule has 1 atom stereocenters. The number of carbonyl (C=O) groups excluding carboxylic acids is 1. The van der Waals surface area contributed by atoms with Gasteiger partial charge in [-0.25, -0.2) is 18.6 Å². The van der Waals surface area contributed by atoms with E-state index in [2.05, 4.69) is 33.9 Å². The highest BCUT2D eigenvalue weighted by Gasteiger charge is 2.29. The molecule has 0 spiro atoms. The highest BCUT2D eigenvalue weighted by Crippen LogP contribution is 2.34. The van der Waals surface area contributed by atoms with Crippen molar-refractivity contribution in [1.29, 1.82) is 0 Å². The number of nitrogens with zero attached hydrogens (tertiary/aromatic N) is 4. The fourth-order valence-corrected chi connectivity index (χ4v) is 5.31. The van der Waals surface area contributed by atoms with E-state index < -0.39 is 17.2 Å². The Morgan fingerprint density at radius 3 is 2.62 bits per heavy atom. The minimum absolute atomic E-state index is 0.215. The first-order valence-electron chi connectivity index (χ1n) is 13.7. The number of anilines is 1. The second-order valence-electron chi connectivity index (χ2n) is 11.4. The summed E-state index contributed by atoms with van der Waals surface area (Å²) in [6, 6.07) is 14.0. The van der Waals surface area contributed by atoms with Gasteiger partial charge in [0.1, 0.15) is 11.2 Å². The van der Waals surface area contributed by atoms with Gasteiger partial charge in [0.2, 0.25) is 5.95 Å². The normalized spacial score (nSPS) is 15.8. The molecule has 1 fully saturated rings. The van der Waals surface area contributed by atoms with Crippen molar-refractivity contribution in [3.05, 3.63) is 77.5 Å². The van der Waals surface area contributed by atoms with Crippen molar-refractivity contribution in [3.63, 3.8) is 0 Å². The molecule has 1 unspecified atom stereocenters. The largest absolute Gasteiger partial charge is 0.444 e. The minimum atomic E-state index is -0.888. The van der Waals surface area contributed by atoms with Crippen LogP contribution in [0.4, 0.5) is 19.5 Å². The first kappa shape index (κ1) is 27.6. The maximum absolute atomic E-state index is 13.7. The molecule has 1 aliphatic rings. The number of hydrogen-bond acceptors (Lipinski definition) is 5. The molecule has 2 aromatic carbocycles. The molecule has 0 radical (unpaired) electrons. The molecule has 1 N–H and O–H groups in total. The summed E-state index contributed by atoms with van der Waals surface area (Å²) in [5, 5.41) is 4.09. The van der Waals surface area contributed by atoms with E-state index in [9.17, 15) is 13.6 Å². The Balaban J connectivity index is 1.46. The van der Waals surface area contributed by atoms with Crippen LogP contribution in [0.1, 0.15) is 44.7 Å². The Labute approximate surface area is 233 Å². The topological polar surface area (TPSA) is 72.3 Å². The fourth-order valence-electron chi connectivity index (χ4n) is 5.31. The van der Waals surface area contributed by atoms with E-state index in [-0.39, 0.29) is 18.6 Å². The Morgan fingerprint density at radius 1 is 1.12 bits per heavy atom. The van der Waals surface area contributed by atoms with Crippen LogP contribution in [0.25, 0.3) is 22.3 Å². The van der Waals surface area contributed by atoms with E-state index in [1.165, 1.54) is 12.1 Å². The third-order valence-corrected chi connectivity index (χ3v) is 7.15. The van der Waals surface area contributed by atoms with Crippen molar-refractivity contribution in [2.24, 2.45) is 5.92 Å². The maximum atomic E-state index is 13.7. The molecule has 0 bridgehead atoms. The molecule has 210 valence electrons. The number of ether oxygens (including phenoxy) is 1. The van der Waals surface area contributed by atoms with Crippen molar-refractivity contribution in [3.8, 4) is 11.3 Å². The zero-order chi connectivity index (χ0) is 28.4. The quantitative estimate of drug-likeness (QED) is 0.283. The van der Waals surface area contributed by atoms with Crippen molar-refractivity contribution in [1.82, 2.24) is 19.4 Å². The summed E-state index contributed by atoms with van der Waals surface area (Å²) in [5.41, 5.74) is 4.05. The van der Waals surface area contributed by atoms with E-state index >= 15 is 0 Å². The molecule has 1 aliphatic heterocycles. The summed E-state index contributed by atoms with van der Waals surface area (Å²) in [4.78, 5) is 24.0. The molecule has 1 saturated heterocycles. The Bertz CT molecular complexity index is 1510. The van der Waals surface area contributed by atoms with Crippen LogP contribution >= 0.6 is 0 Å². The standard InChI is InChI=1S/C31H35F2N5O2/c1-20-24-17-35-29(34-16-21-12-13-25(32)26(33)15-21)36-28(24)38(27(20)23-10-6-5-7-11-23)19-22-9-8-14-37(18-22)30(39)40-31(2,3)4/h5-7,10-13,15,17,22H,8-9,14,16,18-19H2,1-4H3,(H,34,35,36). The molecule has 5 rings (SSSR count). The highest BCUT2D eigenvalue weighted by molar-refractivity contribution is 5.89. The minimum Gasteiger partial charge on any atom is -0.444 e. The van der Waals surface area contributed by atoms with E-state index in [0.29, 0.717) is 31.1 Å². The van der Waals surface area contributed by atoms with Crippen LogP contribution in [-0.2, 0) is 17.8 Å². The zero-order valence-electron chi connectivity index (χ0n) is 23.4. The maximum Gasteiger partial charge on any atom is 0.410 e. The van der Waals surface area contributed by atoms with Crippen molar-refractivity contribution >= 4 is 23.1 Å². The molecule has 1 amide bonds. The lowest BCUT2D eigenvalue weighted by Crippen LogP contribution is -2.43. The van der Waals surface area contributed by atoms with Crippen LogP contribution in [0.2, 0.25) is 0 Å². The molecule has 9 heteroatoms. The van der Waals surface area contributed by atoms with Gasteiger partial charge in [0.05, 0.1) is 5.69 Å². The number of fused-ring (bicyclic) bond motifs is 1. The number of aryl methyl sites for hydroxylation is 1. The summed E-state index contributed by atoms with van der Waals surface area (Å²) < 4.78 is 34.9. The van der Waals surface area contributed by atoms with Gasteiger partial charge in [-0.3, -0.25) is 0 Å². The Hall–Kier alpha value is -4.01. The van der Waals surface area contributed by atoms with Gasteiger partial charge in [-0.05, 0) is 75.3 Å². The number of halogens is 2. The van der Waals surface area contributed by atoms with Gasteiger partial charge >= 0.3 is 6.09 Å². The number of aromatic nitrogens is 3. The zero-order valence-corrected chi connectivity index (χ0v) is 23.4. The number of nitrogens with one attached hydrogen (secondary N) is 1. The van der Waals surface area contributed by atoms with Gasteiger partial charge in [-0.1, -0.05) is 36.4 Å². The number of rotatable bonds is 6. The average Bonchev–Trinajstić information content (AvgIpc) is 3.19. The average molecular weight is 548 g/mol. The second-order valence-corrected chi connectivity index (χ2v) is 11.4. The lowest BCUT2D eigenvalue weighted by atomic mass is 9.98.